The predicted octanol–water partition coefficient (Wildman–Crippen LogP) is 1.17. The molecule has 0 radical (unpaired) electrons. The summed E-state index contributed by atoms with van der Waals surface area (Å²) in [5.41, 5.74) is 0.694. The maximum absolute atomic E-state index is 12.7. The predicted molar refractivity (Wildman–Crippen MR) is 106 cm³/mol. The lowest BCUT2D eigenvalue weighted by Gasteiger charge is -2.12. The van der Waals surface area contributed by atoms with Crippen molar-refractivity contribution in [3.8, 4) is 0 Å². The molecule has 146 valence electrons. The standard InChI is InChI=1S/C19H20N4O4S/c1-22-9-4-8-15(22)17(26)21-16(25)12-28-19-20-14-7-3-2-6-13(14)18(27)23(19)10-5-11-24/h2-4,6-9,24H,5,10-12H2,1H3,(H,21,25,26). The van der Waals surface area contributed by atoms with Crippen LogP contribution in [0.15, 0.2) is 52.5 Å². The lowest BCUT2D eigenvalue weighted by atomic mass is 10.2. The lowest BCUT2D eigenvalue weighted by Crippen LogP contribution is -2.33. The van der Waals surface area contributed by atoms with Gasteiger partial charge in [-0.1, -0.05) is 23.9 Å². The Morgan fingerprint density at radius 2 is 2.00 bits per heavy atom. The summed E-state index contributed by atoms with van der Waals surface area (Å²) >= 11 is 1.08. The molecule has 2 amide bonds. The molecule has 0 spiro atoms. The Morgan fingerprint density at radius 1 is 1.21 bits per heavy atom. The van der Waals surface area contributed by atoms with Gasteiger partial charge in [-0.2, -0.15) is 0 Å². The van der Waals surface area contributed by atoms with Crippen LogP contribution in [0.25, 0.3) is 10.9 Å². The van der Waals surface area contributed by atoms with Crippen molar-refractivity contribution in [2.75, 3.05) is 12.4 Å². The first-order chi connectivity index (χ1) is 13.5. The molecule has 2 heterocycles. The summed E-state index contributed by atoms with van der Waals surface area (Å²) in [5.74, 6) is -1.03. The van der Waals surface area contributed by atoms with E-state index in [1.54, 1.807) is 54.2 Å². The van der Waals surface area contributed by atoms with E-state index in [0.717, 1.165) is 11.8 Å². The van der Waals surface area contributed by atoms with Crippen molar-refractivity contribution >= 4 is 34.5 Å². The molecule has 0 aliphatic rings. The molecule has 0 aliphatic carbocycles. The number of para-hydroxylation sites is 1. The van der Waals surface area contributed by atoms with Crippen LogP contribution in [-0.2, 0) is 18.4 Å². The van der Waals surface area contributed by atoms with Crippen molar-refractivity contribution in [2.45, 2.75) is 18.1 Å². The third kappa shape index (κ3) is 4.32. The van der Waals surface area contributed by atoms with Crippen LogP contribution in [0.1, 0.15) is 16.9 Å². The third-order valence-corrected chi connectivity index (χ3v) is 5.10. The third-order valence-electron chi connectivity index (χ3n) is 4.13. The normalized spacial score (nSPS) is 10.9. The molecule has 9 heteroatoms. The first-order valence-electron chi connectivity index (χ1n) is 8.70. The number of hydrogen-bond acceptors (Lipinski definition) is 6. The summed E-state index contributed by atoms with van der Waals surface area (Å²) in [6.07, 6.45) is 2.11. The fraction of sp³-hybridized carbons (Fsp3) is 0.263. The van der Waals surface area contributed by atoms with Crippen molar-refractivity contribution in [3.63, 3.8) is 0 Å². The fourth-order valence-electron chi connectivity index (χ4n) is 2.74. The van der Waals surface area contributed by atoms with Gasteiger partial charge in [0, 0.05) is 26.4 Å². The van der Waals surface area contributed by atoms with Gasteiger partial charge in [0.15, 0.2) is 5.16 Å². The average Bonchev–Trinajstić information content (AvgIpc) is 3.12. The van der Waals surface area contributed by atoms with E-state index < -0.39 is 11.8 Å². The van der Waals surface area contributed by atoms with E-state index in [9.17, 15) is 14.4 Å². The molecule has 1 aromatic carbocycles. The van der Waals surface area contributed by atoms with Gasteiger partial charge in [0.05, 0.1) is 16.7 Å². The Morgan fingerprint density at radius 3 is 2.71 bits per heavy atom. The minimum Gasteiger partial charge on any atom is -0.396 e. The highest BCUT2D eigenvalue weighted by atomic mass is 32.2. The van der Waals surface area contributed by atoms with Crippen LogP contribution in [0, 0.1) is 0 Å². The minimum absolute atomic E-state index is 0.0605. The molecule has 0 unspecified atom stereocenters. The van der Waals surface area contributed by atoms with Gasteiger partial charge in [-0.15, -0.1) is 0 Å². The number of fused-ring (bicyclic) bond motifs is 1. The Bertz CT molecular complexity index is 1070. The van der Waals surface area contributed by atoms with Crippen LogP contribution >= 0.6 is 11.8 Å². The molecule has 0 fully saturated rings. The van der Waals surface area contributed by atoms with Gasteiger partial charge in [-0.05, 0) is 30.7 Å². The maximum atomic E-state index is 12.7. The van der Waals surface area contributed by atoms with Crippen molar-refractivity contribution in [3.05, 3.63) is 58.6 Å². The lowest BCUT2D eigenvalue weighted by molar-refractivity contribution is -0.117. The summed E-state index contributed by atoms with van der Waals surface area (Å²) in [5, 5.41) is 12.3. The summed E-state index contributed by atoms with van der Waals surface area (Å²) in [6.45, 7) is 0.231. The Balaban J connectivity index is 1.77. The van der Waals surface area contributed by atoms with Gasteiger partial charge in [-0.25, -0.2) is 4.98 Å². The second-order valence-corrected chi connectivity index (χ2v) is 7.06. The van der Waals surface area contributed by atoms with Crippen LogP contribution in [0.5, 0.6) is 0 Å². The molecule has 0 saturated heterocycles. The van der Waals surface area contributed by atoms with E-state index in [-0.39, 0.29) is 17.9 Å². The molecular weight excluding hydrogens is 380 g/mol. The second kappa shape index (κ2) is 8.85. The summed E-state index contributed by atoms with van der Waals surface area (Å²) in [4.78, 5) is 41.5. The number of benzene rings is 1. The second-order valence-electron chi connectivity index (χ2n) is 6.12. The molecule has 0 aliphatic heterocycles. The number of aryl methyl sites for hydroxylation is 1. The number of imide groups is 1. The molecule has 3 rings (SSSR count). The average molecular weight is 400 g/mol. The Kier molecular flexibility index (Phi) is 6.27. The number of thioether (sulfide) groups is 1. The number of aliphatic hydroxyl groups is 1. The van der Waals surface area contributed by atoms with Crippen molar-refractivity contribution in [1.82, 2.24) is 19.4 Å². The summed E-state index contributed by atoms with van der Waals surface area (Å²) in [7, 11) is 1.72. The van der Waals surface area contributed by atoms with Crippen LogP contribution in [0.2, 0.25) is 0 Å². The van der Waals surface area contributed by atoms with Crippen LogP contribution in [-0.4, -0.2) is 43.4 Å². The molecule has 0 bridgehead atoms. The van der Waals surface area contributed by atoms with Crippen molar-refractivity contribution in [1.29, 1.82) is 0 Å². The van der Waals surface area contributed by atoms with E-state index >= 15 is 0 Å². The van der Waals surface area contributed by atoms with E-state index in [1.165, 1.54) is 4.57 Å². The number of rotatable bonds is 7. The first-order valence-corrected chi connectivity index (χ1v) is 9.68. The van der Waals surface area contributed by atoms with Gasteiger partial charge in [0.1, 0.15) is 5.69 Å². The van der Waals surface area contributed by atoms with Gasteiger partial charge < -0.3 is 9.67 Å². The quantitative estimate of drug-likeness (QED) is 0.455. The van der Waals surface area contributed by atoms with Gasteiger partial charge in [0.2, 0.25) is 5.91 Å². The van der Waals surface area contributed by atoms with Gasteiger partial charge in [0.25, 0.3) is 11.5 Å². The molecule has 3 aromatic rings. The van der Waals surface area contributed by atoms with Crippen LogP contribution in [0.3, 0.4) is 0 Å². The molecule has 2 aromatic heterocycles. The molecule has 8 nitrogen and oxygen atoms in total. The number of nitrogens with zero attached hydrogens (tertiary/aromatic N) is 3. The summed E-state index contributed by atoms with van der Waals surface area (Å²) in [6, 6.07) is 10.3. The van der Waals surface area contributed by atoms with E-state index in [1.807, 2.05) is 0 Å². The first kappa shape index (κ1) is 19.8. The van der Waals surface area contributed by atoms with E-state index in [4.69, 9.17) is 5.11 Å². The van der Waals surface area contributed by atoms with Crippen molar-refractivity contribution < 1.29 is 14.7 Å². The Labute approximate surface area is 165 Å². The number of nitrogens with one attached hydrogen (secondary N) is 1. The van der Waals surface area contributed by atoms with Crippen LogP contribution in [0.4, 0.5) is 0 Å². The number of amides is 2. The smallest absolute Gasteiger partial charge is 0.274 e. The molecule has 0 atom stereocenters. The van der Waals surface area contributed by atoms with E-state index in [2.05, 4.69) is 10.3 Å². The maximum Gasteiger partial charge on any atom is 0.274 e. The number of carbonyl (C=O) groups excluding carboxylic acids is 2. The monoisotopic (exact) mass is 400 g/mol. The zero-order chi connectivity index (χ0) is 20.1. The summed E-state index contributed by atoms with van der Waals surface area (Å²) < 4.78 is 3.07. The number of aliphatic hydroxyl groups excluding tert-OH is 1. The highest BCUT2D eigenvalue weighted by molar-refractivity contribution is 7.99. The molecule has 0 saturated carbocycles. The van der Waals surface area contributed by atoms with Crippen molar-refractivity contribution in [2.24, 2.45) is 7.05 Å². The SMILES string of the molecule is Cn1cccc1C(=O)NC(=O)CSc1nc2ccccc2c(=O)n1CCCO. The highest BCUT2D eigenvalue weighted by Gasteiger charge is 2.16. The number of hydrogen-bond donors (Lipinski definition) is 2. The molecule has 2 N–H and O–H groups in total. The molecular formula is C19H20N4O4S. The van der Waals surface area contributed by atoms with Gasteiger partial charge >= 0.3 is 0 Å². The largest absolute Gasteiger partial charge is 0.396 e. The number of carbonyl (C=O) groups is 2. The molecule has 28 heavy (non-hydrogen) atoms. The van der Waals surface area contributed by atoms with Gasteiger partial charge in [-0.3, -0.25) is 24.3 Å². The van der Waals surface area contributed by atoms with E-state index in [0.29, 0.717) is 34.7 Å². The zero-order valence-corrected chi connectivity index (χ0v) is 16.1. The minimum atomic E-state index is -0.484. The Hall–Kier alpha value is -2.91. The zero-order valence-electron chi connectivity index (χ0n) is 15.3. The highest BCUT2D eigenvalue weighted by Crippen LogP contribution is 2.18. The fourth-order valence-corrected chi connectivity index (χ4v) is 3.56. The topological polar surface area (TPSA) is 106 Å². The van der Waals surface area contributed by atoms with Crippen LogP contribution < -0.4 is 10.9 Å². The number of aromatic nitrogens is 3.